The van der Waals surface area contributed by atoms with Crippen molar-refractivity contribution < 1.29 is 9.59 Å². The number of halogens is 3. The Labute approximate surface area is 187 Å². The first-order chi connectivity index (χ1) is 13.9. The van der Waals surface area contributed by atoms with Crippen molar-refractivity contribution in [3.05, 3.63) is 27.2 Å². The van der Waals surface area contributed by atoms with Crippen molar-refractivity contribution in [2.45, 2.75) is 25.7 Å². The van der Waals surface area contributed by atoms with E-state index < -0.39 is 0 Å². The minimum atomic E-state index is -0.153. The zero-order valence-electron chi connectivity index (χ0n) is 16.4. The molecule has 0 atom stereocenters. The molecule has 1 aromatic carbocycles. The number of rotatable bonds is 5. The molecule has 2 aliphatic heterocycles. The molecule has 0 aliphatic carbocycles. The van der Waals surface area contributed by atoms with E-state index in [0.717, 1.165) is 52.1 Å². The number of carbonyl (C=O) groups excluding carboxylic acids is 2. The van der Waals surface area contributed by atoms with Crippen LogP contribution in [0.25, 0.3) is 0 Å². The van der Waals surface area contributed by atoms with Crippen molar-refractivity contribution in [1.82, 2.24) is 14.7 Å². The first-order valence-corrected chi connectivity index (χ1v) is 11.2. The Morgan fingerprint density at radius 3 is 1.93 bits per heavy atom. The highest BCUT2D eigenvalue weighted by Gasteiger charge is 2.23. The van der Waals surface area contributed by atoms with Gasteiger partial charge in [0.2, 0.25) is 11.8 Å². The summed E-state index contributed by atoms with van der Waals surface area (Å²) in [6, 6.07) is 3.07. The van der Waals surface area contributed by atoms with Gasteiger partial charge in [-0.05, 0) is 25.0 Å². The lowest BCUT2D eigenvalue weighted by Crippen LogP contribution is -2.51. The lowest BCUT2D eigenvalue weighted by Gasteiger charge is -2.35. The van der Waals surface area contributed by atoms with Crippen LogP contribution in [0.4, 0.5) is 5.69 Å². The second-order valence-electron chi connectivity index (χ2n) is 7.64. The van der Waals surface area contributed by atoms with Gasteiger partial charge in [-0.3, -0.25) is 19.4 Å². The zero-order chi connectivity index (χ0) is 20.8. The summed E-state index contributed by atoms with van der Waals surface area (Å²) >= 11 is 18.0. The Kier molecular flexibility index (Phi) is 8.45. The van der Waals surface area contributed by atoms with E-state index in [-0.39, 0.29) is 18.4 Å². The van der Waals surface area contributed by atoms with E-state index in [2.05, 4.69) is 15.1 Å². The highest BCUT2D eigenvalue weighted by atomic mass is 35.5. The predicted molar refractivity (Wildman–Crippen MR) is 118 cm³/mol. The largest absolute Gasteiger partial charge is 0.342 e. The summed E-state index contributed by atoms with van der Waals surface area (Å²) in [6.07, 6.45) is 4.66. The summed E-state index contributed by atoms with van der Waals surface area (Å²) in [5.41, 5.74) is 0.452. The molecule has 2 heterocycles. The summed E-state index contributed by atoms with van der Waals surface area (Å²) in [5.74, 6) is 0.0757. The van der Waals surface area contributed by atoms with Gasteiger partial charge in [-0.1, -0.05) is 47.6 Å². The number of likely N-dealkylation sites (tertiary alicyclic amines) is 1. The van der Waals surface area contributed by atoms with Crippen LogP contribution < -0.4 is 5.32 Å². The first-order valence-electron chi connectivity index (χ1n) is 10.1. The minimum absolute atomic E-state index is 0.153. The van der Waals surface area contributed by atoms with Crippen LogP contribution in [0.1, 0.15) is 25.7 Å². The molecule has 1 aromatic rings. The smallest absolute Gasteiger partial charge is 0.238 e. The number of anilines is 1. The molecule has 0 bridgehead atoms. The van der Waals surface area contributed by atoms with E-state index in [9.17, 15) is 9.59 Å². The van der Waals surface area contributed by atoms with Gasteiger partial charge in [-0.25, -0.2) is 0 Å². The molecule has 9 heteroatoms. The van der Waals surface area contributed by atoms with E-state index >= 15 is 0 Å². The molecule has 2 fully saturated rings. The number of piperazine rings is 1. The Balaban J connectivity index is 1.42. The molecule has 0 radical (unpaired) electrons. The number of carbonyl (C=O) groups is 2. The maximum Gasteiger partial charge on any atom is 0.238 e. The third-order valence-corrected chi connectivity index (χ3v) is 6.47. The third-order valence-electron chi connectivity index (χ3n) is 5.43. The Hall–Kier alpha value is -1.05. The van der Waals surface area contributed by atoms with Gasteiger partial charge in [0.25, 0.3) is 0 Å². The van der Waals surface area contributed by atoms with Gasteiger partial charge in [0.05, 0.1) is 33.8 Å². The molecular weight excluding hydrogens is 435 g/mol. The summed E-state index contributed by atoms with van der Waals surface area (Å²) in [4.78, 5) is 31.2. The maximum atomic E-state index is 12.5. The second-order valence-corrected chi connectivity index (χ2v) is 8.86. The lowest BCUT2D eigenvalue weighted by atomic mass is 10.2. The van der Waals surface area contributed by atoms with Gasteiger partial charge in [0.1, 0.15) is 0 Å². The third kappa shape index (κ3) is 6.72. The SMILES string of the molecule is O=C(CN1CCN(CC(=O)N2CCCCCC2)CC1)Nc1cc(Cl)c(Cl)cc1Cl. The average Bonchev–Trinajstić information content (AvgIpc) is 2.97. The quantitative estimate of drug-likeness (QED) is 0.681. The highest BCUT2D eigenvalue weighted by molar-refractivity contribution is 6.44. The fraction of sp³-hybridized carbons (Fsp3) is 0.600. The fourth-order valence-electron chi connectivity index (χ4n) is 3.73. The first kappa shape index (κ1) is 22.6. The number of benzene rings is 1. The topological polar surface area (TPSA) is 55.9 Å². The van der Waals surface area contributed by atoms with Crippen molar-refractivity contribution >= 4 is 52.3 Å². The Morgan fingerprint density at radius 2 is 1.31 bits per heavy atom. The van der Waals surface area contributed by atoms with Gasteiger partial charge >= 0.3 is 0 Å². The molecule has 0 spiro atoms. The van der Waals surface area contributed by atoms with Crippen LogP contribution in [0.2, 0.25) is 15.1 Å². The standard InChI is InChI=1S/C20H27Cl3N4O2/c21-15-11-17(23)18(12-16(15)22)24-19(28)13-25-7-9-26(10-8-25)14-20(29)27-5-3-1-2-4-6-27/h11-12H,1-10,13-14H2,(H,24,28). The second kappa shape index (κ2) is 10.8. The number of nitrogens with one attached hydrogen (secondary N) is 1. The van der Waals surface area contributed by atoms with Crippen LogP contribution in [-0.4, -0.2) is 78.9 Å². The van der Waals surface area contributed by atoms with Crippen LogP contribution in [0.15, 0.2) is 12.1 Å². The maximum absolute atomic E-state index is 12.5. The zero-order valence-corrected chi connectivity index (χ0v) is 18.7. The summed E-state index contributed by atoms with van der Waals surface area (Å²) in [5, 5.41) is 3.83. The van der Waals surface area contributed by atoms with Gasteiger partial charge in [-0.2, -0.15) is 0 Å². The van der Waals surface area contributed by atoms with E-state index in [1.165, 1.54) is 18.9 Å². The molecule has 0 unspecified atom stereocenters. The van der Waals surface area contributed by atoms with Crippen molar-refractivity contribution in [2.24, 2.45) is 0 Å². The Morgan fingerprint density at radius 1 is 0.759 bits per heavy atom. The molecule has 2 aliphatic rings. The molecule has 1 N–H and O–H groups in total. The van der Waals surface area contributed by atoms with Gasteiger partial charge in [0, 0.05) is 39.3 Å². The fourth-order valence-corrected chi connectivity index (χ4v) is 4.32. The molecule has 0 aromatic heterocycles. The van der Waals surface area contributed by atoms with Gasteiger partial charge < -0.3 is 10.2 Å². The summed E-state index contributed by atoms with van der Waals surface area (Å²) in [6.45, 7) is 5.56. The normalized spacial score (nSPS) is 19.1. The molecule has 2 amide bonds. The minimum Gasteiger partial charge on any atom is -0.342 e. The Bertz CT molecular complexity index is 731. The van der Waals surface area contributed by atoms with Crippen LogP contribution in [0.5, 0.6) is 0 Å². The monoisotopic (exact) mass is 460 g/mol. The molecule has 3 rings (SSSR count). The van der Waals surface area contributed by atoms with E-state index in [0.29, 0.717) is 27.3 Å². The van der Waals surface area contributed by atoms with Crippen LogP contribution in [0.3, 0.4) is 0 Å². The molecule has 29 heavy (non-hydrogen) atoms. The van der Waals surface area contributed by atoms with Crippen molar-refractivity contribution in [2.75, 3.05) is 57.7 Å². The number of nitrogens with zero attached hydrogens (tertiary/aromatic N) is 3. The number of hydrogen-bond donors (Lipinski definition) is 1. The van der Waals surface area contributed by atoms with Gasteiger partial charge in [-0.15, -0.1) is 0 Å². The summed E-state index contributed by atoms with van der Waals surface area (Å²) < 4.78 is 0. The predicted octanol–water partition coefficient (Wildman–Crippen LogP) is 3.61. The molecule has 6 nitrogen and oxygen atoms in total. The van der Waals surface area contributed by atoms with Gasteiger partial charge in [0.15, 0.2) is 0 Å². The van der Waals surface area contributed by atoms with Crippen LogP contribution in [0, 0.1) is 0 Å². The van der Waals surface area contributed by atoms with E-state index in [1.807, 2.05) is 4.90 Å². The molecule has 2 saturated heterocycles. The van der Waals surface area contributed by atoms with Crippen LogP contribution in [-0.2, 0) is 9.59 Å². The number of amides is 2. The summed E-state index contributed by atoms with van der Waals surface area (Å²) in [7, 11) is 0. The van der Waals surface area contributed by atoms with Crippen molar-refractivity contribution in [1.29, 1.82) is 0 Å². The van der Waals surface area contributed by atoms with E-state index in [4.69, 9.17) is 34.8 Å². The van der Waals surface area contributed by atoms with Crippen molar-refractivity contribution in [3.8, 4) is 0 Å². The van der Waals surface area contributed by atoms with Crippen molar-refractivity contribution in [3.63, 3.8) is 0 Å². The lowest BCUT2D eigenvalue weighted by molar-refractivity contribution is -0.133. The molecular formula is C20H27Cl3N4O2. The highest BCUT2D eigenvalue weighted by Crippen LogP contribution is 2.32. The average molecular weight is 462 g/mol. The van der Waals surface area contributed by atoms with E-state index in [1.54, 1.807) is 6.07 Å². The molecule has 0 saturated carbocycles. The number of hydrogen-bond acceptors (Lipinski definition) is 4. The van der Waals surface area contributed by atoms with Crippen LogP contribution >= 0.6 is 34.8 Å². The molecule has 160 valence electrons.